The lowest BCUT2D eigenvalue weighted by atomic mass is 10.2. The van der Waals surface area contributed by atoms with Crippen LogP contribution >= 0.6 is 0 Å². The van der Waals surface area contributed by atoms with Crippen molar-refractivity contribution < 1.29 is 27.5 Å². The van der Waals surface area contributed by atoms with E-state index in [1.807, 2.05) is 0 Å². The molecule has 27 heavy (non-hydrogen) atoms. The number of anilines is 2. The number of esters is 1. The van der Waals surface area contributed by atoms with Crippen molar-refractivity contribution in [3.05, 3.63) is 48.0 Å². The Balaban J connectivity index is 1.78. The van der Waals surface area contributed by atoms with Gasteiger partial charge in [0.1, 0.15) is 5.75 Å². The second-order valence-electron chi connectivity index (χ2n) is 6.13. The minimum atomic E-state index is -3.89. The largest absolute Gasteiger partial charge is 0.482 e. The van der Waals surface area contributed by atoms with Gasteiger partial charge in [0.25, 0.3) is 15.9 Å². The number of rotatable bonds is 5. The van der Waals surface area contributed by atoms with Crippen LogP contribution in [-0.4, -0.2) is 33.0 Å². The second kappa shape index (κ2) is 7.28. The lowest BCUT2D eigenvalue weighted by Gasteiger charge is -2.18. The summed E-state index contributed by atoms with van der Waals surface area (Å²) in [5, 5.41) is 2.56. The molecule has 0 saturated carbocycles. The Morgan fingerprint density at radius 1 is 1.19 bits per heavy atom. The quantitative estimate of drug-likeness (QED) is 0.759. The maximum atomic E-state index is 12.6. The highest BCUT2D eigenvalue weighted by Gasteiger charge is 2.21. The molecule has 0 spiro atoms. The van der Waals surface area contributed by atoms with Gasteiger partial charge in [-0.25, -0.2) is 13.2 Å². The van der Waals surface area contributed by atoms with Gasteiger partial charge in [-0.05, 0) is 56.3 Å². The molecular weight excluding hydrogens is 372 g/mol. The molecule has 2 aromatic rings. The van der Waals surface area contributed by atoms with Crippen LogP contribution in [-0.2, 0) is 19.6 Å². The van der Waals surface area contributed by atoms with Crippen molar-refractivity contribution in [1.29, 1.82) is 0 Å². The average molecular weight is 390 g/mol. The Morgan fingerprint density at radius 3 is 2.56 bits per heavy atom. The van der Waals surface area contributed by atoms with E-state index in [0.29, 0.717) is 17.0 Å². The molecule has 1 amide bonds. The molecule has 0 aromatic heterocycles. The van der Waals surface area contributed by atoms with Gasteiger partial charge >= 0.3 is 5.97 Å². The lowest BCUT2D eigenvalue weighted by Crippen LogP contribution is -2.25. The zero-order valence-electron chi connectivity index (χ0n) is 14.7. The number of nitrogens with one attached hydrogen (secondary N) is 2. The SMILES string of the molecule is CC(C)OC(=O)c1ccc(NS(=O)(=O)c2ccc3c(c2)NC(=O)CO3)cc1. The fraction of sp³-hybridized carbons (Fsp3) is 0.222. The van der Waals surface area contributed by atoms with Crippen molar-refractivity contribution in [2.24, 2.45) is 0 Å². The average Bonchev–Trinajstić information content (AvgIpc) is 2.60. The minimum absolute atomic E-state index is 0.0321. The fourth-order valence-corrected chi connectivity index (χ4v) is 3.48. The fourth-order valence-electron chi connectivity index (χ4n) is 2.40. The molecule has 3 rings (SSSR count). The first kappa shape index (κ1) is 18.7. The number of ether oxygens (including phenoxy) is 2. The first-order valence-corrected chi connectivity index (χ1v) is 9.63. The van der Waals surface area contributed by atoms with Gasteiger partial charge in [0.15, 0.2) is 6.61 Å². The third kappa shape index (κ3) is 4.37. The molecule has 1 heterocycles. The summed E-state index contributed by atoms with van der Waals surface area (Å²) in [4.78, 5) is 23.2. The predicted octanol–water partition coefficient (Wildman–Crippen LogP) is 2.38. The summed E-state index contributed by atoms with van der Waals surface area (Å²) >= 11 is 0. The van der Waals surface area contributed by atoms with Crippen LogP contribution in [0.25, 0.3) is 0 Å². The molecular formula is C18H18N2O6S. The van der Waals surface area contributed by atoms with E-state index < -0.39 is 16.0 Å². The van der Waals surface area contributed by atoms with Crippen LogP contribution in [0.1, 0.15) is 24.2 Å². The normalized spacial score (nSPS) is 13.4. The Kier molecular flexibility index (Phi) is 5.04. The van der Waals surface area contributed by atoms with Crippen molar-refractivity contribution in [2.75, 3.05) is 16.6 Å². The summed E-state index contributed by atoms with van der Waals surface area (Å²) < 4.78 is 37.9. The van der Waals surface area contributed by atoms with Gasteiger partial charge in [0.2, 0.25) is 0 Å². The monoisotopic (exact) mass is 390 g/mol. The van der Waals surface area contributed by atoms with Gasteiger partial charge in [-0.1, -0.05) is 0 Å². The topological polar surface area (TPSA) is 111 Å². The smallest absolute Gasteiger partial charge is 0.338 e. The van der Waals surface area contributed by atoms with E-state index in [1.54, 1.807) is 13.8 Å². The van der Waals surface area contributed by atoms with Crippen molar-refractivity contribution in [2.45, 2.75) is 24.8 Å². The van der Waals surface area contributed by atoms with Gasteiger partial charge in [0.05, 0.1) is 22.3 Å². The predicted molar refractivity (Wildman–Crippen MR) is 98.4 cm³/mol. The summed E-state index contributed by atoms with van der Waals surface area (Å²) in [6.07, 6.45) is -0.246. The highest BCUT2D eigenvalue weighted by Crippen LogP contribution is 2.30. The molecule has 142 valence electrons. The van der Waals surface area contributed by atoms with Crippen LogP contribution in [0.5, 0.6) is 5.75 Å². The van der Waals surface area contributed by atoms with E-state index in [1.165, 1.54) is 42.5 Å². The van der Waals surface area contributed by atoms with Crippen molar-refractivity contribution in [3.8, 4) is 5.75 Å². The van der Waals surface area contributed by atoms with E-state index >= 15 is 0 Å². The Bertz CT molecular complexity index is 983. The number of hydrogen-bond acceptors (Lipinski definition) is 6. The van der Waals surface area contributed by atoms with E-state index in [-0.39, 0.29) is 29.2 Å². The summed E-state index contributed by atoms with van der Waals surface area (Å²) in [5.74, 6) is -0.430. The van der Waals surface area contributed by atoms with Crippen LogP contribution < -0.4 is 14.8 Å². The Morgan fingerprint density at radius 2 is 1.89 bits per heavy atom. The number of carbonyl (C=O) groups excluding carboxylic acids is 2. The molecule has 1 aliphatic heterocycles. The maximum absolute atomic E-state index is 12.6. The van der Waals surface area contributed by atoms with Crippen LogP contribution in [0.2, 0.25) is 0 Å². The van der Waals surface area contributed by atoms with E-state index in [0.717, 1.165) is 0 Å². The molecule has 8 nitrogen and oxygen atoms in total. The molecule has 0 aliphatic carbocycles. The molecule has 1 aliphatic rings. The van der Waals surface area contributed by atoms with Gasteiger partial charge in [-0.2, -0.15) is 0 Å². The minimum Gasteiger partial charge on any atom is -0.482 e. The first-order valence-electron chi connectivity index (χ1n) is 8.15. The highest BCUT2D eigenvalue weighted by atomic mass is 32.2. The molecule has 9 heteroatoms. The number of fused-ring (bicyclic) bond motifs is 1. The third-order valence-corrected chi connectivity index (χ3v) is 4.99. The Labute approximate surface area is 156 Å². The zero-order chi connectivity index (χ0) is 19.6. The van der Waals surface area contributed by atoms with E-state index in [4.69, 9.17) is 9.47 Å². The standard InChI is InChI=1S/C18H18N2O6S/c1-11(2)26-18(22)12-3-5-13(6-4-12)20-27(23,24)14-7-8-16-15(9-14)19-17(21)10-25-16/h3-9,11,20H,10H2,1-2H3,(H,19,21). The van der Waals surface area contributed by atoms with E-state index in [9.17, 15) is 18.0 Å². The maximum Gasteiger partial charge on any atom is 0.338 e. The number of hydrogen-bond donors (Lipinski definition) is 2. The second-order valence-corrected chi connectivity index (χ2v) is 7.81. The zero-order valence-corrected chi connectivity index (χ0v) is 15.5. The Hall–Kier alpha value is -3.07. The van der Waals surface area contributed by atoms with Gasteiger partial charge in [-0.3, -0.25) is 9.52 Å². The van der Waals surface area contributed by atoms with Crippen molar-refractivity contribution in [3.63, 3.8) is 0 Å². The first-order chi connectivity index (χ1) is 12.7. The summed E-state index contributed by atoms with van der Waals surface area (Å²) in [5.41, 5.74) is 0.898. The molecule has 0 unspecified atom stereocenters. The van der Waals surface area contributed by atoms with Crippen LogP contribution in [0.3, 0.4) is 0 Å². The molecule has 0 atom stereocenters. The van der Waals surface area contributed by atoms with Gasteiger partial charge in [-0.15, -0.1) is 0 Å². The summed E-state index contributed by atoms with van der Waals surface area (Å²) in [7, 11) is -3.89. The van der Waals surface area contributed by atoms with Crippen LogP contribution in [0, 0.1) is 0 Å². The molecule has 0 saturated heterocycles. The lowest BCUT2D eigenvalue weighted by molar-refractivity contribution is -0.118. The van der Waals surface area contributed by atoms with Crippen LogP contribution in [0.15, 0.2) is 47.4 Å². The number of benzene rings is 2. The molecule has 0 bridgehead atoms. The summed E-state index contributed by atoms with van der Waals surface area (Å²) in [6.45, 7) is 3.38. The highest BCUT2D eigenvalue weighted by molar-refractivity contribution is 7.92. The molecule has 0 radical (unpaired) electrons. The van der Waals surface area contributed by atoms with E-state index in [2.05, 4.69) is 10.0 Å². The van der Waals surface area contributed by atoms with Gasteiger partial charge in [0, 0.05) is 5.69 Å². The number of sulfonamides is 1. The number of carbonyl (C=O) groups is 2. The molecule has 2 aromatic carbocycles. The van der Waals surface area contributed by atoms with Crippen LogP contribution in [0.4, 0.5) is 11.4 Å². The van der Waals surface area contributed by atoms with Crippen molar-refractivity contribution >= 4 is 33.3 Å². The summed E-state index contributed by atoms with van der Waals surface area (Å²) in [6, 6.07) is 10.1. The molecule has 0 fully saturated rings. The van der Waals surface area contributed by atoms with Gasteiger partial charge < -0.3 is 14.8 Å². The number of amides is 1. The molecule has 2 N–H and O–H groups in total. The van der Waals surface area contributed by atoms with Crippen molar-refractivity contribution in [1.82, 2.24) is 0 Å². The third-order valence-electron chi connectivity index (χ3n) is 3.61.